The maximum absolute atomic E-state index is 11.9. The average Bonchev–Trinajstić information content (AvgIpc) is 3.34. The van der Waals surface area contributed by atoms with Crippen molar-refractivity contribution in [3.63, 3.8) is 0 Å². The van der Waals surface area contributed by atoms with Gasteiger partial charge < -0.3 is 14.9 Å². The fourth-order valence-electron chi connectivity index (χ4n) is 2.99. The van der Waals surface area contributed by atoms with Crippen LogP contribution in [0, 0.1) is 24.0 Å². The standard InChI is InChI=1S/C16H15N7O4S/c1-8-6-11(23(25)26)20-21(8)5-4-10-18-14-12-9(2)13(16(24)27-3)28-15(12)17-7-22(14)19-10/h6-7H,4-5H2,1-3H3. The van der Waals surface area contributed by atoms with Crippen molar-refractivity contribution in [1.29, 1.82) is 0 Å². The minimum atomic E-state index is -0.521. The topological polar surface area (TPSA) is 130 Å². The highest BCUT2D eigenvalue weighted by molar-refractivity contribution is 7.20. The monoisotopic (exact) mass is 401 g/mol. The summed E-state index contributed by atoms with van der Waals surface area (Å²) in [6.07, 6.45) is 1.99. The fraction of sp³-hybridized carbons (Fsp3) is 0.312. The zero-order chi connectivity index (χ0) is 20.0. The Balaban J connectivity index is 1.68. The predicted molar refractivity (Wildman–Crippen MR) is 99.6 cm³/mol. The van der Waals surface area contributed by atoms with Crippen molar-refractivity contribution in [3.8, 4) is 0 Å². The molecule has 4 aromatic rings. The predicted octanol–water partition coefficient (Wildman–Crippen LogP) is 2.09. The van der Waals surface area contributed by atoms with Gasteiger partial charge in [-0.2, -0.15) is 4.68 Å². The second-order valence-corrected chi connectivity index (χ2v) is 7.14. The van der Waals surface area contributed by atoms with Crippen molar-refractivity contribution < 1.29 is 14.5 Å². The van der Waals surface area contributed by atoms with Crippen LogP contribution >= 0.6 is 11.3 Å². The van der Waals surface area contributed by atoms with Crippen LogP contribution < -0.4 is 0 Å². The number of nitro groups is 1. The minimum Gasteiger partial charge on any atom is -0.465 e. The zero-order valence-corrected chi connectivity index (χ0v) is 16.1. The summed E-state index contributed by atoms with van der Waals surface area (Å²) in [5.41, 5.74) is 2.05. The van der Waals surface area contributed by atoms with Gasteiger partial charge in [-0.3, -0.25) is 0 Å². The lowest BCUT2D eigenvalue weighted by atomic mass is 10.2. The molecule has 28 heavy (non-hydrogen) atoms. The Bertz CT molecular complexity index is 1240. The van der Waals surface area contributed by atoms with Crippen molar-refractivity contribution >= 4 is 39.0 Å². The van der Waals surface area contributed by atoms with Gasteiger partial charge in [-0.05, 0) is 24.3 Å². The molecule has 0 amide bonds. The molecule has 0 bridgehead atoms. The summed E-state index contributed by atoms with van der Waals surface area (Å²) in [4.78, 5) is 32.4. The van der Waals surface area contributed by atoms with Gasteiger partial charge in [0.1, 0.15) is 16.0 Å². The molecule has 12 heteroatoms. The van der Waals surface area contributed by atoms with E-state index in [2.05, 4.69) is 20.2 Å². The Kier molecular flexibility index (Phi) is 4.26. The lowest BCUT2D eigenvalue weighted by Gasteiger charge is -1.96. The number of rotatable bonds is 5. The first-order chi connectivity index (χ1) is 13.4. The number of ether oxygens (including phenoxy) is 1. The number of carbonyl (C=O) groups excluding carboxylic acids is 1. The lowest BCUT2D eigenvalue weighted by molar-refractivity contribution is -0.389. The second-order valence-electron chi connectivity index (χ2n) is 6.14. The maximum atomic E-state index is 11.9. The van der Waals surface area contributed by atoms with Crippen LogP contribution in [0.15, 0.2) is 12.4 Å². The number of aromatic nitrogens is 6. The van der Waals surface area contributed by atoms with Gasteiger partial charge in [-0.25, -0.2) is 19.3 Å². The molecule has 4 rings (SSSR count). The van der Waals surface area contributed by atoms with Crippen LogP contribution in [0.5, 0.6) is 0 Å². The van der Waals surface area contributed by atoms with Crippen LogP contribution in [0.1, 0.15) is 26.8 Å². The smallest absolute Gasteiger partial charge is 0.390 e. The highest BCUT2D eigenvalue weighted by Gasteiger charge is 2.21. The fourth-order valence-corrected chi connectivity index (χ4v) is 4.05. The molecule has 0 aliphatic rings. The molecule has 4 heterocycles. The molecule has 0 atom stereocenters. The molecular weight excluding hydrogens is 386 g/mol. The Morgan fingerprint density at radius 2 is 2.14 bits per heavy atom. The molecule has 0 N–H and O–H groups in total. The quantitative estimate of drug-likeness (QED) is 0.282. The molecule has 0 radical (unpaired) electrons. The highest BCUT2D eigenvalue weighted by atomic mass is 32.1. The molecule has 144 valence electrons. The summed E-state index contributed by atoms with van der Waals surface area (Å²) >= 11 is 1.25. The van der Waals surface area contributed by atoms with Gasteiger partial charge in [0, 0.05) is 6.42 Å². The summed E-state index contributed by atoms with van der Waals surface area (Å²) in [5, 5.41) is 20.0. The maximum Gasteiger partial charge on any atom is 0.390 e. The summed E-state index contributed by atoms with van der Waals surface area (Å²) in [5.74, 6) is -0.0400. The lowest BCUT2D eigenvalue weighted by Crippen LogP contribution is -2.06. The van der Waals surface area contributed by atoms with E-state index < -0.39 is 10.9 Å². The first kappa shape index (κ1) is 18.0. The SMILES string of the molecule is COC(=O)c1sc2ncn3nc(CCn4nc([N+](=O)[O-])cc4C)nc3c2c1C. The molecule has 0 spiro atoms. The molecule has 0 unspecified atom stereocenters. The van der Waals surface area contributed by atoms with Crippen molar-refractivity contribution in [1.82, 2.24) is 29.4 Å². The molecule has 0 aromatic carbocycles. The molecule has 0 aliphatic carbocycles. The largest absolute Gasteiger partial charge is 0.465 e. The van der Waals surface area contributed by atoms with Crippen LogP contribution in [-0.2, 0) is 17.7 Å². The van der Waals surface area contributed by atoms with E-state index in [9.17, 15) is 14.9 Å². The second kappa shape index (κ2) is 6.64. The van der Waals surface area contributed by atoms with Gasteiger partial charge in [0.05, 0.1) is 35.9 Å². The van der Waals surface area contributed by atoms with E-state index in [1.54, 1.807) is 22.4 Å². The molecule has 4 aromatic heterocycles. The van der Waals surface area contributed by atoms with E-state index in [1.165, 1.54) is 24.5 Å². The number of fused-ring (bicyclic) bond motifs is 3. The molecule has 0 saturated heterocycles. The number of esters is 1. The first-order valence-electron chi connectivity index (χ1n) is 8.29. The third-order valence-electron chi connectivity index (χ3n) is 4.38. The number of methoxy groups -OCH3 is 1. The average molecular weight is 401 g/mol. The van der Waals surface area contributed by atoms with Crippen molar-refractivity contribution in [2.45, 2.75) is 26.8 Å². The van der Waals surface area contributed by atoms with E-state index in [1.807, 2.05) is 6.92 Å². The van der Waals surface area contributed by atoms with Crippen molar-refractivity contribution in [2.75, 3.05) is 7.11 Å². The van der Waals surface area contributed by atoms with E-state index in [4.69, 9.17) is 4.74 Å². The van der Waals surface area contributed by atoms with Crippen LogP contribution in [0.3, 0.4) is 0 Å². The highest BCUT2D eigenvalue weighted by Crippen LogP contribution is 2.32. The number of nitrogens with zero attached hydrogens (tertiary/aromatic N) is 7. The van der Waals surface area contributed by atoms with E-state index in [0.717, 1.165) is 10.9 Å². The number of thiophene rings is 1. The van der Waals surface area contributed by atoms with Gasteiger partial charge in [0.15, 0.2) is 11.5 Å². The van der Waals surface area contributed by atoms with Crippen LogP contribution in [-0.4, -0.2) is 47.4 Å². The van der Waals surface area contributed by atoms with E-state index >= 15 is 0 Å². The summed E-state index contributed by atoms with van der Waals surface area (Å²) in [6, 6.07) is 1.42. The Labute approximate surface area is 161 Å². The molecule has 11 nitrogen and oxygen atoms in total. The summed E-state index contributed by atoms with van der Waals surface area (Å²) in [7, 11) is 1.34. The van der Waals surface area contributed by atoms with E-state index in [0.29, 0.717) is 39.8 Å². The molecule has 0 fully saturated rings. The Morgan fingerprint density at radius 1 is 1.36 bits per heavy atom. The third kappa shape index (κ3) is 2.87. The Hall–Kier alpha value is -3.41. The van der Waals surface area contributed by atoms with Gasteiger partial charge in [-0.1, -0.05) is 0 Å². The van der Waals surface area contributed by atoms with Gasteiger partial charge in [-0.15, -0.1) is 16.4 Å². The number of aryl methyl sites for hydroxylation is 4. The third-order valence-corrected chi connectivity index (χ3v) is 5.56. The van der Waals surface area contributed by atoms with Crippen LogP contribution in [0.2, 0.25) is 0 Å². The van der Waals surface area contributed by atoms with E-state index in [-0.39, 0.29) is 5.82 Å². The number of hydrogen-bond acceptors (Lipinski definition) is 9. The van der Waals surface area contributed by atoms with Crippen molar-refractivity contribution in [2.24, 2.45) is 0 Å². The summed E-state index contributed by atoms with van der Waals surface area (Å²) in [6.45, 7) is 3.99. The van der Waals surface area contributed by atoms with Gasteiger partial charge >= 0.3 is 11.8 Å². The molecule has 0 saturated carbocycles. The van der Waals surface area contributed by atoms with Gasteiger partial charge in [0.25, 0.3) is 0 Å². The molecular formula is C16H15N7O4S. The molecule has 0 aliphatic heterocycles. The minimum absolute atomic E-state index is 0.185. The normalized spacial score (nSPS) is 11.4. The summed E-state index contributed by atoms with van der Waals surface area (Å²) < 4.78 is 7.95. The number of carbonyl (C=O) groups is 1. The zero-order valence-electron chi connectivity index (χ0n) is 15.2. The van der Waals surface area contributed by atoms with Crippen molar-refractivity contribution in [3.05, 3.63) is 44.5 Å². The Morgan fingerprint density at radius 3 is 2.82 bits per heavy atom. The van der Waals surface area contributed by atoms with Crippen LogP contribution in [0.25, 0.3) is 15.9 Å². The number of hydrogen-bond donors (Lipinski definition) is 0. The first-order valence-corrected chi connectivity index (χ1v) is 9.11. The van der Waals surface area contributed by atoms with Crippen LogP contribution in [0.4, 0.5) is 5.82 Å². The van der Waals surface area contributed by atoms with Gasteiger partial charge in [0.2, 0.25) is 0 Å².